The molecule has 0 saturated heterocycles. The average Bonchev–Trinajstić information content (AvgIpc) is 2.67. The van der Waals surface area contributed by atoms with Gasteiger partial charge in [0, 0.05) is 17.4 Å². The van der Waals surface area contributed by atoms with Crippen LogP contribution in [-0.4, -0.2) is 38.6 Å². The van der Waals surface area contributed by atoms with Gasteiger partial charge in [-0.3, -0.25) is 9.59 Å². The van der Waals surface area contributed by atoms with Crippen LogP contribution in [0.25, 0.3) is 0 Å². The van der Waals surface area contributed by atoms with Crippen molar-refractivity contribution in [3.63, 3.8) is 0 Å². The first kappa shape index (κ1) is 19.9. The Labute approximate surface area is 158 Å². The highest BCUT2D eigenvalue weighted by atomic mass is 16.5. The molecule has 2 aromatic carbocycles. The number of hydrogen-bond acceptors (Lipinski definition) is 4. The first-order chi connectivity index (χ1) is 12.9. The van der Waals surface area contributed by atoms with Gasteiger partial charge in [0.1, 0.15) is 5.75 Å². The maximum Gasteiger partial charge on any atom is 0.282 e. The summed E-state index contributed by atoms with van der Waals surface area (Å²) < 4.78 is 5.13. The molecule has 2 rings (SSSR count). The number of ether oxygens (including phenoxy) is 1. The second-order valence-corrected chi connectivity index (χ2v) is 6.20. The van der Waals surface area contributed by atoms with Crippen LogP contribution in [0.5, 0.6) is 5.75 Å². The Hall–Kier alpha value is -3.37. The number of carbonyl (C=O) groups is 2. The number of rotatable bonds is 7. The van der Waals surface area contributed by atoms with Crippen molar-refractivity contribution >= 4 is 23.2 Å². The number of likely N-dealkylation sites (N-methyl/N-ethyl adjacent to an activating group) is 1. The summed E-state index contributed by atoms with van der Waals surface area (Å²) in [5.41, 5.74) is 1.78. The zero-order chi connectivity index (χ0) is 19.8. The van der Waals surface area contributed by atoms with E-state index in [1.54, 1.807) is 69.6 Å². The Morgan fingerprint density at radius 2 is 1.85 bits per heavy atom. The zero-order valence-corrected chi connectivity index (χ0v) is 15.6. The summed E-state index contributed by atoms with van der Waals surface area (Å²) in [6.07, 6.45) is 0. The van der Waals surface area contributed by atoms with Crippen LogP contribution in [0.1, 0.15) is 12.5 Å². The molecule has 0 aliphatic heterocycles. The van der Waals surface area contributed by atoms with E-state index in [-0.39, 0.29) is 18.4 Å². The number of quaternary nitrogens is 1. The van der Waals surface area contributed by atoms with E-state index in [0.29, 0.717) is 22.7 Å². The first-order valence-electron chi connectivity index (χ1n) is 8.50. The number of nitriles is 1. The van der Waals surface area contributed by atoms with Gasteiger partial charge in [-0.15, -0.1) is 0 Å². The molecular weight excluding hydrogens is 344 g/mol. The molecule has 0 aliphatic carbocycles. The van der Waals surface area contributed by atoms with E-state index in [4.69, 9.17) is 10.00 Å². The lowest BCUT2D eigenvalue weighted by molar-refractivity contribution is -0.885. The quantitative estimate of drug-likeness (QED) is 0.682. The third-order valence-corrected chi connectivity index (χ3v) is 4.21. The molecule has 0 saturated carbocycles. The molecular formula is C20H23N4O3+. The molecule has 0 bridgehead atoms. The normalized spacial score (nSPS) is 12.4. The van der Waals surface area contributed by atoms with Crippen molar-refractivity contribution in [1.29, 1.82) is 5.26 Å². The fourth-order valence-corrected chi connectivity index (χ4v) is 2.41. The van der Waals surface area contributed by atoms with Gasteiger partial charge in [-0.1, -0.05) is 6.07 Å². The largest absolute Gasteiger partial charge is 0.497 e. The zero-order valence-electron chi connectivity index (χ0n) is 15.6. The fraction of sp³-hybridized carbons (Fsp3) is 0.250. The minimum Gasteiger partial charge on any atom is -0.497 e. The van der Waals surface area contributed by atoms with E-state index in [0.717, 1.165) is 4.90 Å². The average molecular weight is 367 g/mol. The Bertz CT molecular complexity index is 843. The molecule has 7 heteroatoms. The van der Waals surface area contributed by atoms with Crippen molar-refractivity contribution in [2.45, 2.75) is 13.0 Å². The molecule has 1 unspecified atom stereocenters. The Morgan fingerprint density at radius 3 is 2.48 bits per heavy atom. The second kappa shape index (κ2) is 9.36. The van der Waals surface area contributed by atoms with Crippen LogP contribution in [0.2, 0.25) is 0 Å². The molecule has 2 atom stereocenters. The third-order valence-electron chi connectivity index (χ3n) is 4.21. The van der Waals surface area contributed by atoms with Crippen LogP contribution in [0.4, 0.5) is 11.4 Å². The van der Waals surface area contributed by atoms with Crippen LogP contribution >= 0.6 is 0 Å². The van der Waals surface area contributed by atoms with E-state index in [2.05, 4.69) is 10.6 Å². The Morgan fingerprint density at radius 1 is 1.15 bits per heavy atom. The third kappa shape index (κ3) is 5.83. The van der Waals surface area contributed by atoms with Gasteiger partial charge in [0.2, 0.25) is 0 Å². The van der Waals surface area contributed by atoms with E-state index in [1.165, 1.54) is 0 Å². The lowest BCUT2D eigenvalue weighted by Crippen LogP contribution is -3.14. The van der Waals surface area contributed by atoms with E-state index in [9.17, 15) is 9.59 Å². The SMILES string of the molecule is COc1cccc(NC(=O)C[NH+](C)[C@@H](C)C(=O)Nc2ccc(C#N)cc2)c1. The van der Waals surface area contributed by atoms with Crippen LogP contribution in [0.15, 0.2) is 48.5 Å². The number of benzene rings is 2. The summed E-state index contributed by atoms with van der Waals surface area (Å²) in [4.78, 5) is 25.4. The van der Waals surface area contributed by atoms with Gasteiger partial charge in [-0.2, -0.15) is 5.26 Å². The molecule has 0 aliphatic rings. The Kier molecular flexibility index (Phi) is 6.92. The standard InChI is InChI=1S/C20H22N4O3/c1-14(20(26)23-16-9-7-15(12-21)8-10-16)24(2)13-19(25)22-17-5-4-6-18(11-17)27-3/h4-11,14H,13H2,1-3H3,(H,22,25)(H,23,26)/p+1/t14-/m0/s1. The van der Waals surface area contributed by atoms with E-state index in [1.807, 2.05) is 6.07 Å². The number of anilines is 2. The molecule has 0 aromatic heterocycles. The summed E-state index contributed by atoms with van der Waals surface area (Å²) in [5, 5.41) is 14.4. The molecule has 2 amide bonds. The molecule has 3 N–H and O–H groups in total. The molecule has 0 spiro atoms. The molecule has 0 fully saturated rings. The first-order valence-corrected chi connectivity index (χ1v) is 8.50. The molecule has 27 heavy (non-hydrogen) atoms. The summed E-state index contributed by atoms with van der Waals surface area (Å²) in [6.45, 7) is 1.90. The lowest BCUT2D eigenvalue weighted by Gasteiger charge is -2.20. The van der Waals surface area contributed by atoms with Crippen molar-refractivity contribution in [2.24, 2.45) is 0 Å². The minimum atomic E-state index is -0.434. The summed E-state index contributed by atoms with van der Waals surface area (Å²) in [7, 11) is 3.35. The molecule has 7 nitrogen and oxygen atoms in total. The summed E-state index contributed by atoms with van der Waals surface area (Å²) in [5.74, 6) is 0.258. The second-order valence-electron chi connectivity index (χ2n) is 6.20. The predicted molar refractivity (Wildman–Crippen MR) is 103 cm³/mol. The van der Waals surface area contributed by atoms with Gasteiger partial charge in [0.15, 0.2) is 12.6 Å². The van der Waals surface area contributed by atoms with Gasteiger partial charge < -0.3 is 20.3 Å². The minimum absolute atomic E-state index is 0.138. The number of amides is 2. The highest BCUT2D eigenvalue weighted by Gasteiger charge is 2.24. The molecule has 2 aromatic rings. The number of nitrogens with zero attached hydrogens (tertiary/aromatic N) is 1. The van der Waals surface area contributed by atoms with E-state index < -0.39 is 6.04 Å². The highest BCUT2D eigenvalue weighted by molar-refractivity contribution is 5.94. The predicted octanol–water partition coefficient (Wildman–Crippen LogP) is 1.05. The topological polar surface area (TPSA) is 95.7 Å². The lowest BCUT2D eigenvalue weighted by atomic mass is 10.2. The summed E-state index contributed by atoms with van der Waals surface area (Å²) >= 11 is 0. The molecule has 0 radical (unpaired) electrons. The monoisotopic (exact) mass is 367 g/mol. The number of methoxy groups -OCH3 is 1. The van der Waals surface area contributed by atoms with Crippen LogP contribution in [0.3, 0.4) is 0 Å². The maximum atomic E-state index is 12.4. The van der Waals surface area contributed by atoms with Crippen LogP contribution < -0.4 is 20.3 Å². The smallest absolute Gasteiger partial charge is 0.282 e. The molecule has 140 valence electrons. The van der Waals surface area contributed by atoms with Gasteiger partial charge in [0.25, 0.3) is 11.8 Å². The van der Waals surface area contributed by atoms with Crippen molar-refractivity contribution in [3.05, 3.63) is 54.1 Å². The maximum absolute atomic E-state index is 12.4. The van der Waals surface area contributed by atoms with Gasteiger partial charge in [0.05, 0.1) is 25.8 Å². The van der Waals surface area contributed by atoms with Gasteiger partial charge in [-0.25, -0.2) is 0 Å². The highest BCUT2D eigenvalue weighted by Crippen LogP contribution is 2.16. The summed E-state index contributed by atoms with van der Waals surface area (Å²) in [6, 6.07) is 15.3. The fourth-order valence-electron chi connectivity index (χ4n) is 2.41. The number of hydrogen-bond donors (Lipinski definition) is 3. The van der Waals surface area contributed by atoms with Crippen LogP contribution in [-0.2, 0) is 9.59 Å². The van der Waals surface area contributed by atoms with Crippen molar-refractivity contribution in [2.75, 3.05) is 31.3 Å². The van der Waals surface area contributed by atoms with Crippen LogP contribution in [0, 0.1) is 11.3 Å². The molecule has 0 heterocycles. The van der Waals surface area contributed by atoms with Crippen molar-refractivity contribution < 1.29 is 19.2 Å². The van der Waals surface area contributed by atoms with Crippen molar-refractivity contribution in [1.82, 2.24) is 0 Å². The number of carbonyl (C=O) groups excluding carboxylic acids is 2. The van der Waals surface area contributed by atoms with Gasteiger partial charge in [-0.05, 0) is 43.3 Å². The van der Waals surface area contributed by atoms with Gasteiger partial charge >= 0.3 is 0 Å². The van der Waals surface area contributed by atoms with Crippen molar-refractivity contribution in [3.8, 4) is 11.8 Å². The number of nitrogens with one attached hydrogen (secondary N) is 3. The van der Waals surface area contributed by atoms with E-state index >= 15 is 0 Å². The Balaban J connectivity index is 1.89.